The lowest BCUT2D eigenvalue weighted by Gasteiger charge is -2.27. The molecule has 0 saturated carbocycles. The van der Waals surface area contributed by atoms with E-state index in [1.807, 2.05) is 0 Å². The fourth-order valence-corrected chi connectivity index (χ4v) is 1.13. The Hall–Kier alpha value is -0.290. The largest absolute Gasteiger partial charge is 0.401 e. The first-order valence-corrected chi connectivity index (χ1v) is 3.58. The highest BCUT2D eigenvalue weighted by molar-refractivity contribution is 4.67. The van der Waals surface area contributed by atoms with E-state index in [1.165, 1.54) is 4.90 Å². The number of nitrogens with zero attached hydrogens (tertiary/aromatic N) is 1. The normalized spacial score (nSPS) is 22.1. The van der Waals surface area contributed by atoms with Gasteiger partial charge in [0.05, 0.1) is 6.54 Å². The van der Waals surface area contributed by atoms with Crippen LogP contribution in [0.1, 0.15) is 6.42 Å². The van der Waals surface area contributed by atoms with Crippen molar-refractivity contribution in [2.75, 3.05) is 26.3 Å². The third-order valence-corrected chi connectivity index (χ3v) is 1.57. The maximum Gasteiger partial charge on any atom is 0.401 e. The monoisotopic (exact) mass is 168 g/mol. The summed E-state index contributed by atoms with van der Waals surface area (Å²) in [5, 5.41) is 2.88. The SMILES string of the molecule is FC(F)(F)CN1CCCNC1. The molecule has 11 heavy (non-hydrogen) atoms. The molecule has 0 aliphatic carbocycles. The van der Waals surface area contributed by atoms with Crippen molar-refractivity contribution in [1.82, 2.24) is 10.2 Å². The molecule has 1 heterocycles. The number of hydrogen-bond acceptors (Lipinski definition) is 2. The van der Waals surface area contributed by atoms with Crippen molar-refractivity contribution in [2.45, 2.75) is 12.6 Å². The number of hydrogen-bond donors (Lipinski definition) is 1. The van der Waals surface area contributed by atoms with Crippen molar-refractivity contribution < 1.29 is 13.2 Å². The Bertz CT molecular complexity index is 117. The maximum absolute atomic E-state index is 11.8. The Morgan fingerprint density at radius 3 is 2.55 bits per heavy atom. The van der Waals surface area contributed by atoms with Crippen LogP contribution < -0.4 is 5.32 Å². The molecule has 1 aliphatic rings. The zero-order chi connectivity index (χ0) is 8.32. The zero-order valence-electron chi connectivity index (χ0n) is 6.12. The molecule has 2 nitrogen and oxygen atoms in total. The van der Waals surface area contributed by atoms with Crippen LogP contribution in [0, 0.1) is 0 Å². The Morgan fingerprint density at radius 2 is 2.09 bits per heavy atom. The van der Waals surface area contributed by atoms with E-state index < -0.39 is 12.7 Å². The fraction of sp³-hybridized carbons (Fsp3) is 1.00. The molecular formula is C6H11F3N2. The van der Waals surface area contributed by atoms with Crippen LogP contribution in [0.15, 0.2) is 0 Å². The molecule has 1 rings (SSSR count). The van der Waals surface area contributed by atoms with Gasteiger partial charge in [-0.3, -0.25) is 4.90 Å². The molecule has 0 bridgehead atoms. The summed E-state index contributed by atoms with van der Waals surface area (Å²) in [6.07, 6.45) is -3.25. The molecule has 66 valence electrons. The van der Waals surface area contributed by atoms with E-state index in [1.54, 1.807) is 0 Å². The molecule has 1 saturated heterocycles. The van der Waals surface area contributed by atoms with Crippen LogP contribution >= 0.6 is 0 Å². The van der Waals surface area contributed by atoms with Gasteiger partial charge >= 0.3 is 6.18 Å². The smallest absolute Gasteiger partial charge is 0.304 e. The lowest BCUT2D eigenvalue weighted by atomic mass is 10.3. The van der Waals surface area contributed by atoms with Crippen LogP contribution in [-0.4, -0.2) is 37.4 Å². The lowest BCUT2D eigenvalue weighted by Crippen LogP contribution is -2.45. The van der Waals surface area contributed by atoms with E-state index in [2.05, 4.69) is 5.32 Å². The molecule has 5 heteroatoms. The molecule has 0 amide bonds. The van der Waals surface area contributed by atoms with Gasteiger partial charge < -0.3 is 5.32 Å². The van der Waals surface area contributed by atoms with E-state index in [9.17, 15) is 13.2 Å². The quantitative estimate of drug-likeness (QED) is 0.623. The van der Waals surface area contributed by atoms with Gasteiger partial charge in [0.15, 0.2) is 0 Å². The molecular weight excluding hydrogens is 157 g/mol. The average Bonchev–Trinajstić information content (AvgIpc) is 1.85. The first kappa shape index (κ1) is 8.80. The number of halogens is 3. The minimum absolute atomic E-state index is 0.361. The van der Waals surface area contributed by atoms with Gasteiger partial charge in [0.25, 0.3) is 0 Å². The second kappa shape index (κ2) is 3.40. The predicted molar refractivity (Wildman–Crippen MR) is 35.1 cm³/mol. The third kappa shape index (κ3) is 3.57. The van der Waals surface area contributed by atoms with Gasteiger partial charge in [-0.2, -0.15) is 13.2 Å². The molecule has 1 fully saturated rings. The highest BCUT2D eigenvalue weighted by Gasteiger charge is 2.30. The second-order valence-corrected chi connectivity index (χ2v) is 2.68. The molecule has 1 N–H and O–H groups in total. The first-order chi connectivity index (χ1) is 5.08. The molecule has 0 aromatic rings. The summed E-state index contributed by atoms with van der Waals surface area (Å²) in [4.78, 5) is 1.36. The van der Waals surface area contributed by atoms with Crippen molar-refractivity contribution in [3.63, 3.8) is 0 Å². The van der Waals surface area contributed by atoms with Crippen LogP contribution in [-0.2, 0) is 0 Å². The number of rotatable bonds is 1. The fourth-order valence-electron chi connectivity index (χ4n) is 1.13. The van der Waals surface area contributed by atoms with Crippen LogP contribution in [0.25, 0.3) is 0 Å². The van der Waals surface area contributed by atoms with Gasteiger partial charge in [0.2, 0.25) is 0 Å². The lowest BCUT2D eigenvalue weighted by molar-refractivity contribution is -0.148. The van der Waals surface area contributed by atoms with Crippen molar-refractivity contribution in [3.8, 4) is 0 Å². The van der Waals surface area contributed by atoms with Gasteiger partial charge in [0.1, 0.15) is 0 Å². The van der Waals surface area contributed by atoms with Crippen LogP contribution in [0.4, 0.5) is 13.2 Å². The summed E-state index contributed by atoms with van der Waals surface area (Å²) in [5.74, 6) is 0. The summed E-state index contributed by atoms with van der Waals surface area (Å²) >= 11 is 0. The summed E-state index contributed by atoms with van der Waals surface area (Å²) in [6, 6.07) is 0. The minimum Gasteiger partial charge on any atom is -0.304 e. The molecule has 0 atom stereocenters. The third-order valence-electron chi connectivity index (χ3n) is 1.57. The van der Waals surface area contributed by atoms with Gasteiger partial charge in [-0.15, -0.1) is 0 Å². The van der Waals surface area contributed by atoms with Gasteiger partial charge in [-0.05, 0) is 13.0 Å². The Labute approximate surface area is 63.4 Å². The number of nitrogens with one attached hydrogen (secondary N) is 1. The van der Waals surface area contributed by atoms with Crippen molar-refractivity contribution in [2.24, 2.45) is 0 Å². The Morgan fingerprint density at radius 1 is 1.36 bits per heavy atom. The van der Waals surface area contributed by atoms with Gasteiger partial charge in [-0.1, -0.05) is 0 Å². The minimum atomic E-state index is -4.06. The second-order valence-electron chi connectivity index (χ2n) is 2.68. The summed E-state index contributed by atoms with van der Waals surface area (Å²) in [7, 11) is 0. The molecule has 0 aromatic heterocycles. The van der Waals surface area contributed by atoms with E-state index in [4.69, 9.17) is 0 Å². The highest BCUT2D eigenvalue weighted by Crippen LogP contribution is 2.16. The van der Waals surface area contributed by atoms with Gasteiger partial charge in [-0.25, -0.2) is 0 Å². The standard InChI is InChI=1S/C6H11F3N2/c7-6(8,9)4-11-3-1-2-10-5-11/h10H,1-5H2. The highest BCUT2D eigenvalue weighted by atomic mass is 19.4. The van der Waals surface area contributed by atoms with Crippen LogP contribution in [0.3, 0.4) is 0 Å². The van der Waals surface area contributed by atoms with Crippen LogP contribution in [0.5, 0.6) is 0 Å². The molecule has 0 unspecified atom stereocenters. The van der Waals surface area contributed by atoms with E-state index >= 15 is 0 Å². The van der Waals surface area contributed by atoms with Crippen molar-refractivity contribution >= 4 is 0 Å². The topological polar surface area (TPSA) is 15.3 Å². The average molecular weight is 168 g/mol. The van der Waals surface area contributed by atoms with E-state index in [0.29, 0.717) is 13.2 Å². The van der Waals surface area contributed by atoms with Crippen LogP contribution in [0.2, 0.25) is 0 Å². The van der Waals surface area contributed by atoms with E-state index in [0.717, 1.165) is 13.0 Å². The Kier molecular flexibility index (Phi) is 2.72. The van der Waals surface area contributed by atoms with Crippen molar-refractivity contribution in [3.05, 3.63) is 0 Å². The molecule has 0 aromatic carbocycles. The molecule has 0 spiro atoms. The summed E-state index contributed by atoms with van der Waals surface area (Å²) < 4.78 is 35.3. The zero-order valence-corrected chi connectivity index (χ0v) is 6.12. The Balaban J connectivity index is 2.24. The van der Waals surface area contributed by atoms with E-state index in [-0.39, 0.29) is 0 Å². The molecule has 0 radical (unpaired) electrons. The summed E-state index contributed by atoms with van der Waals surface area (Å²) in [6.45, 7) is 0.945. The molecule has 1 aliphatic heterocycles. The van der Waals surface area contributed by atoms with Crippen molar-refractivity contribution in [1.29, 1.82) is 0 Å². The number of alkyl halides is 3. The summed E-state index contributed by atoms with van der Waals surface area (Å²) in [5.41, 5.74) is 0. The predicted octanol–water partition coefficient (Wildman–Crippen LogP) is 0.801. The van der Waals surface area contributed by atoms with Gasteiger partial charge in [0, 0.05) is 13.2 Å². The maximum atomic E-state index is 11.8. The first-order valence-electron chi connectivity index (χ1n) is 3.58.